The molecule has 1 amide bonds. The number of rotatable bonds is 1. The van der Waals surface area contributed by atoms with Gasteiger partial charge in [0.05, 0.1) is 5.69 Å². The third kappa shape index (κ3) is 2.56. The molecule has 2 aliphatic rings. The number of carbonyl (C=O) groups is 1. The normalized spacial score (nSPS) is 22.5. The largest absolute Gasteiger partial charge is 0.465 e. The highest BCUT2D eigenvalue weighted by Gasteiger charge is 2.32. The maximum Gasteiger partial charge on any atom is 0.407 e. The maximum absolute atomic E-state index is 11.0. The first kappa shape index (κ1) is 13.1. The van der Waals surface area contributed by atoms with Crippen molar-refractivity contribution in [2.24, 2.45) is 0 Å². The number of likely N-dealkylation sites (tertiary alicyclic amines) is 1. The van der Waals surface area contributed by atoms with Crippen molar-refractivity contribution in [2.45, 2.75) is 17.4 Å². The van der Waals surface area contributed by atoms with E-state index < -0.39 is 6.09 Å². The SMILES string of the molecule is O=C(O)N1CCC(N2CCSc3cc(Br)ccc32)C1. The van der Waals surface area contributed by atoms with Crippen LogP contribution in [0.3, 0.4) is 0 Å². The van der Waals surface area contributed by atoms with Crippen molar-refractivity contribution in [3.05, 3.63) is 22.7 Å². The number of fused-ring (bicyclic) bond motifs is 1. The molecule has 0 bridgehead atoms. The Labute approximate surface area is 124 Å². The first-order chi connectivity index (χ1) is 9.15. The van der Waals surface area contributed by atoms with E-state index in [1.165, 1.54) is 15.5 Å². The highest BCUT2D eigenvalue weighted by molar-refractivity contribution is 9.10. The minimum absolute atomic E-state index is 0.317. The van der Waals surface area contributed by atoms with Gasteiger partial charge in [-0.2, -0.15) is 0 Å². The summed E-state index contributed by atoms with van der Waals surface area (Å²) in [5.74, 6) is 1.06. The number of hydrogen-bond acceptors (Lipinski definition) is 3. The number of anilines is 1. The second kappa shape index (κ2) is 5.25. The number of carboxylic acid groups (broad SMARTS) is 1. The monoisotopic (exact) mass is 342 g/mol. The summed E-state index contributed by atoms with van der Waals surface area (Å²) in [7, 11) is 0. The van der Waals surface area contributed by atoms with E-state index in [1.54, 1.807) is 0 Å². The van der Waals surface area contributed by atoms with Crippen LogP contribution in [0.2, 0.25) is 0 Å². The van der Waals surface area contributed by atoms with E-state index in [-0.39, 0.29) is 0 Å². The Balaban J connectivity index is 1.82. The molecule has 102 valence electrons. The minimum atomic E-state index is -0.801. The topological polar surface area (TPSA) is 43.8 Å². The fourth-order valence-corrected chi connectivity index (χ4v) is 4.33. The Morgan fingerprint density at radius 3 is 3.00 bits per heavy atom. The van der Waals surface area contributed by atoms with Crippen molar-refractivity contribution in [1.29, 1.82) is 0 Å². The van der Waals surface area contributed by atoms with Crippen molar-refractivity contribution < 1.29 is 9.90 Å². The van der Waals surface area contributed by atoms with Gasteiger partial charge in [0.1, 0.15) is 0 Å². The molecule has 1 unspecified atom stereocenters. The molecule has 0 saturated carbocycles. The van der Waals surface area contributed by atoms with Gasteiger partial charge in [-0.05, 0) is 24.6 Å². The van der Waals surface area contributed by atoms with E-state index in [2.05, 4.69) is 39.0 Å². The van der Waals surface area contributed by atoms with Gasteiger partial charge in [-0.25, -0.2) is 4.79 Å². The molecule has 1 atom stereocenters. The number of halogens is 1. The lowest BCUT2D eigenvalue weighted by Crippen LogP contribution is -2.41. The van der Waals surface area contributed by atoms with Crippen LogP contribution in [-0.4, -0.2) is 47.5 Å². The standard InChI is InChI=1S/C13H15BrN2O2S/c14-9-1-2-11-12(7-9)19-6-5-16(11)10-3-4-15(8-10)13(17)18/h1-2,7,10H,3-6,8H2,(H,17,18). The molecular formula is C13H15BrN2O2S. The number of benzene rings is 1. The fourth-order valence-electron chi connectivity index (χ4n) is 2.76. The molecule has 0 aromatic heterocycles. The van der Waals surface area contributed by atoms with Gasteiger partial charge in [-0.15, -0.1) is 11.8 Å². The molecule has 1 N–H and O–H groups in total. The fraction of sp³-hybridized carbons (Fsp3) is 0.462. The molecule has 19 heavy (non-hydrogen) atoms. The van der Waals surface area contributed by atoms with Crippen LogP contribution in [0, 0.1) is 0 Å². The summed E-state index contributed by atoms with van der Waals surface area (Å²) in [5, 5.41) is 9.06. The molecule has 6 heteroatoms. The third-order valence-electron chi connectivity index (χ3n) is 3.70. The molecule has 1 saturated heterocycles. The summed E-state index contributed by atoms with van der Waals surface area (Å²) >= 11 is 5.38. The van der Waals surface area contributed by atoms with Gasteiger partial charge in [0, 0.05) is 40.8 Å². The van der Waals surface area contributed by atoms with E-state index in [0.717, 1.165) is 23.2 Å². The van der Waals surface area contributed by atoms with Gasteiger partial charge in [-0.1, -0.05) is 15.9 Å². The molecule has 0 spiro atoms. The Morgan fingerprint density at radius 1 is 1.42 bits per heavy atom. The summed E-state index contributed by atoms with van der Waals surface area (Å²) in [6, 6.07) is 6.66. The third-order valence-corrected chi connectivity index (χ3v) is 5.21. The molecule has 0 aliphatic carbocycles. The van der Waals surface area contributed by atoms with Crippen molar-refractivity contribution in [3.8, 4) is 0 Å². The smallest absolute Gasteiger partial charge is 0.407 e. The lowest BCUT2D eigenvalue weighted by Gasteiger charge is -2.35. The molecule has 2 aliphatic heterocycles. The first-order valence-corrected chi connectivity index (χ1v) is 8.10. The van der Waals surface area contributed by atoms with Crippen LogP contribution in [0.5, 0.6) is 0 Å². The average molecular weight is 343 g/mol. The Morgan fingerprint density at radius 2 is 2.26 bits per heavy atom. The van der Waals surface area contributed by atoms with Crippen molar-refractivity contribution >= 4 is 39.5 Å². The van der Waals surface area contributed by atoms with Crippen LogP contribution >= 0.6 is 27.7 Å². The predicted molar refractivity (Wildman–Crippen MR) is 80.2 cm³/mol. The van der Waals surface area contributed by atoms with Crippen molar-refractivity contribution in [2.75, 3.05) is 30.3 Å². The molecule has 2 heterocycles. The van der Waals surface area contributed by atoms with Crippen LogP contribution in [0.4, 0.5) is 10.5 Å². The predicted octanol–water partition coefficient (Wildman–Crippen LogP) is 3.11. The second-order valence-electron chi connectivity index (χ2n) is 4.82. The number of amides is 1. The van der Waals surface area contributed by atoms with Crippen LogP contribution in [0.1, 0.15) is 6.42 Å². The summed E-state index contributed by atoms with van der Waals surface area (Å²) in [6.45, 7) is 2.27. The van der Waals surface area contributed by atoms with E-state index in [0.29, 0.717) is 19.1 Å². The quantitative estimate of drug-likeness (QED) is 0.851. The molecular weight excluding hydrogens is 328 g/mol. The van der Waals surface area contributed by atoms with Crippen LogP contribution < -0.4 is 4.90 Å². The number of thioether (sulfide) groups is 1. The van der Waals surface area contributed by atoms with Gasteiger partial charge in [0.25, 0.3) is 0 Å². The van der Waals surface area contributed by atoms with E-state index in [4.69, 9.17) is 5.11 Å². The van der Waals surface area contributed by atoms with Gasteiger partial charge < -0.3 is 14.9 Å². The summed E-state index contributed by atoms with van der Waals surface area (Å²) < 4.78 is 1.10. The molecule has 1 aromatic carbocycles. The summed E-state index contributed by atoms with van der Waals surface area (Å²) in [5.41, 5.74) is 1.25. The summed E-state index contributed by atoms with van der Waals surface area (Å²) in [6.07, 6.45) is 0.122. The zero-order chi connectivity index (χ0) is 13.4. The molecule has 0 radical (unpaired) electrons. The second-order valence-corrected chi connectivity index (χ2v) is 6.88. The Bertz CT molecular complexity index is 511. The Hall–Kier alpha value is -0.880. The van der Waals surface area contributed by atoms with E-state index in [9.17, 15) is 4.79 Å². The van der Waals surface area contributed by atoms with Gasteiger partial charge >= 0.3 is 6.09 Å². The lowest BCUT2D eigenvalue weighted by molar-refractivity contribution is 0.155. The average Bonchev–Trinajstić information content (AvgIpc) is 2.87. The highest BCUT2D eigenvalue weighted by Crippen LogP contribution is 2.38. The van der Waals surface area contributed by atoms with Crippen LogP contribution in [0.15, 0.2) is 27.6 Å². The number of hydrogen-bond donors (Lipinski definition) is 1. The number of nitrogens with zero attached hydrogens (tertiary/aromatic N) is 2. The van der Waals surface area contributed by atoms with Gasteiger partial charge in [0.15, 0.2) is 0 Å². The lowest BCUT2D eigenvalue weighted by atomic mass is 10.2. The minimum Gasteiger partial charge on any atom is -0.465 e. The van der Waals surface area contributed by atoms with Crippen molar-refractivity contribution in [3.63, 3.8) is 0 Å². The van der Waals surface area contributed by atoms with Crippen LogP contribution in [-0.2, 0) is 0 Å². The summed E-state index contributed by atoms with van der Waals surface area (Å²) in [4.78, 5) is 16.2. The highest BCUT2D eigenvalue weighted by atomic mass is 79.9. The molecule has 1 aromatic rings. The van der Waals surface area contributed by atoms with Crippen LogP contribution in [0.25, 0.3) is 0 Å². The van der Waals surface area contributed by atoms with E-state index >= 15 is 0 Å². The molecule has 4 nitrogen and oxygen atoms in total. The zero-order valence-corrected chi connectivity index (χ0v) is 12.8. The maximum atomic E-state index is 11.0. The van der Waals surface area contributed by atoms with Crippen molar-refractivity contribution in [1.82, 2.24) is 4.90 Å². The van der Waals surface area contributed by atoms with E-state index in [1.807, 2.05) is 11.8 Å². The molecule has 3 rings (SSSR count). The van der Waals surface area contributed by atoms with Gasteiger partial charge in [0.2, 0.25) is 0 Å². The first-order valence-electron chi connectivity index (χ1n) is 6.32. The zero-order valence-electron chi connectivity index (χ0n) is 10.4. The molecule has 1 fully saturated rings. The van der Waals surface area contributed by atoms with Gasteiger partial charge in [-0.3, -0.25) is 0 Å². The Kier molecular flexibility index (Phi) is 3.62.